The monoisotopic (exact) mass is 164 g/mol. The van der Waals surface area contributed by atoms with E-state index in [0.29, 0.717) is 0 Å². The molecule has 1 unspecified atom stereocenters. The van der Waals surface area contributed by atoms with E-state index in [1.165, 1.54) is 6.92 Å². The lowest BCUT2D eigenvalue weighted by Crippen LogP contribution is -2.14. The molecule has 0 spiro atoms. The van der Waals surface area contributed by atoms with Gasteiger partial charge in [0.1, 0.15) is 6.10 Å². The highest BCUT2D eigenvalue weighted by molar-refractivity contribution is 7.81. The third kappa shape index (κ3) is 3.45. The van der Waals surface area contributed by atoms with E-state index in [0.717, 1.165) is 7.11 Å². The molecule has 0 aliphatic carbocycles. The number of terminal acetylenes is 1. The van der Waals surface area contributed by atoms with Gasteiger partial charge >= 0.3 is 10.4 Å². The van der Waals surface area contributed by atoms with Crippen molar-refractivity contribution < 1.29 is 16.8 Å². The van der Waals surface area contributed by atoms with Crippen LogP contribution in [0.3, 0.4) is 0 Å². The van der Waals surface area contributed by atoms with Crippen LogP contribution in [0, 0.1) is 12.3 Å². The first-order valence-electron chi connectivity index (χ1n) is 2.47. The second-order valence-corrected chi connectivity index (χ2v) is 2.82. The summed E-state index contributed by atoms with van der Waals surface area (Å²) >= 11 is 0. The summed E-state index contributed by atoms with van der Waals surface area (Å²) in [5.74, 6) is 2.07. The van der Waals surface area contributed by atoms with E-state index >= 15 is 0 Å². The molecule has 0 heterocycles. The van der Waals surface area contributed by atoms with Gasteiger partial charge in [0.15, 0.2) is 0 Å². The topological polar surface area (TPSA) is 52.6 Å². The van der Waals surface area contributed by atoms with Crippen LogP contribution in [-0.2, 0) is 18.8 Å². The molecule has 10 heavy (non-hydrogen) atoms. The summed E-state index contributed by atoms with van der Waals surface area (Å²) in [6.45, 7) is 1.43. The molecule has 0 aliphatic heterocycles. The summed E-state index contributed by atoms with van der Waals surface area (Å²) < 4.78 is 29.1. The van der Waals surface area contributed by atoms with Gasteiger partial charge in [-0.25, -0.2) is 4.18 Å². The molecule has 0 rings (SSSR count). The Bertz CT molecular complexity index is 223. The molecular formula is C5H8O4S. The first-order valence-corrected chi connectivity index (χ1v) is 3.80. The summed E-state index contributed by atoms with van der Waals surface area (Å²) in [6, 6.07) is 0. The Labute approximate surface area is 60.5 Å². The normalized spacial score (nSPS) is 14.1. The highest BCUT2D eigenvalue weighted by Gasteiger charge is 2.11. The lowest BCUT2D eigenvalue weighted by atomic mass is 10.4. The highest BCUT2D eigenvalue weighted by Crippen LogP contribution is 1.97. The Morgan fingerprint density at radius 1 is 1.60 bits per heavy atom. The van der Waals surface area contributed by atoms with E-state index < -0.39 is 16.5 Å². The maximum atomic E-state index is 10.4. The van der Waals surface area contributed by atoms with E-state index in [2.05, 4.69) is 14.3 Å². The molecule has 0 radical (unpaired) electrons. The van der Waals surface area contributed by atoms with Crippen molar-refractivity contribution >= 4 is 10.4 Å². The number of hydrogen-bond donors (Lipinski definition) is 0. The molecule has 0 aliphatic rings. The summed E-state index contributed by atoms with van der Waals surface area (Å²) in [6.07, 6.45) is 4.05. The fourth-order valence-corrected chi connectivity index (χ4v) is 0.732. The fraction of sp³-hybridized carbons (Fsp3) is 0.600. The van der Waals surface area contributed by atoms with Crippen LogP contribution in [0.25, 0.3) is 0 Å². The molecule has 58 valence electrons. The Hall–Kier alpha value is -0.570. The van der Waals surface area contributed by atoms with Crippen molar-refractivity contribution in [1.29, 1.82) is 0 Å². The molecule has 0 saturated carbocycles. The predicted octanol–water partition coefficient (Wildman–Crippen LogP) is -0.0841. The molecule has 0 aromatic rings. The van der Waals surface area contributed by atoms with Crippen LogP contribution in [0.15, 0.2) is 0 Å². The van der Waals surface area contributed by atoms with Gasteiger partial charge in [-0.3, -0.25) is 4.18 Å². The Morgan fingerprint density at radius 3 is 2.40 bits per heavy atom. The van der Waals surface area contributed by atoms with Gasteiger partial charge in [0.25, 0.3) is 0 Å². The van der Waals surface area contributed by atoms with Crippen LogP contribution in [0.1, 0.15) is 6.92 Å². The SMILES string of the molecule is C#CC(C)OS(=O)(=O)OC. The van der Waals surface area contributed by atoms with Crippen LogP contribution in [0.5, 0.6) is 0 Å². The minimum atomic E-state index is -3.87. The van der Waals surface area contributed by atoms with Crippen molar-refractivity contribution in [3.63, 3.8) is 0 Å². The first-order chi connectivity index (χ1) is 4.52. The molecule has 1 atom stereocenters. The van der Waals surface area contributed by atoms with E-state index in [4.69, 9.17) is 6.42 Å². The average molecular weight is 164 g/mol. The molecule has 0 N–H and O–H groups in total. The van der Waals surface area contributed by atoms with Crippen molar-refractivity contribution in [2.24, 2.45) is 0 Å². The van der Waals surface area contributed by atoms with Gasteiger partial charge in [0.05, 0.1) is 7.11 Å². The molecule has 0 fully saturated rings. The van der Waals surface area contributed by atoms with Crippen LogP contribution in [0.2, 0.25) is 0 Å². The molecule has 0 saturated heterocycles. The summed E-state index contributed by atoms with van der Waals surface area (Å²) in [4.78, 5) is 0. The van der Waals surface area contributed by atoms with Gasteiger partial charge in [0.2, 0.25) is 0 Å². The largest absolute Gasteiger partial charge is 0.400 e. The average Bonchev–Trinajstić information content (AvgIpc) is 1.87. The molecule has 0 amide bonds. The zero-order chi connectivity index (χ0) is 8.20. The molecule has 0 bridgehead atoms. The van der Waals surface area contributed by atoms with Crippen LogP contribution in [0.4, 0.5) is 0 Å². The molecule has 0 aromatic heterocycles. The smallest absolute Gasteiger partial charge is 0.252 e. The summed E-state index contributed by atoms with van der Waals surface area (Å²) in [7, 11) is -2.87. The molecule has 5 heteroatoms. The van der Waals surface area contributed by atoms with E-state index in [1.807, 2.05) is 0 Å². The van der Waals surface area contributed by atoms with Gasteiger partial charge < -0.3 is 0 Å². The lowest BCUT2D eigenvalue weighted by Gasteiger charge is -2.03. The number of hydrogen-bond acceptors (Lipinski definition) is 4. The van der Waals surface area contributed by atoms with E-state index in [1.54, 1.807) is 0 Å². The second kappa shape index (κ2) is 3.56. The van der Waals surface area contributed by atoms with E-state index in [9.17, 15) is 8.42 Å². The van der Waals surface area contributed by atoms with Crippen LogP contribution < -0.4 is 0 Å². The van der Waals surface area contributed by atoms with Crippen molar-refractivity contribution in [1.82, 2.24) is 0 Å². The van der Waals surface area contributed by atoms with Gasteiger partial charge in [-0.1, -0.05) is 5.92 Å². The van der Waals surface area contributed by atoms with Crippen LogP contribution >= 0.6 is 0 Å². The molecular weight excluding hydrogens is 156 g/mol. The third-order valence-electron chi connectivity index (χ3n) is 0.701. The molecule has 0 aromatic carbocycles. The minimum absolute atomic E-state index is 0.787. The van der Waals surface area contributed by atoms with E-state index in [-0.39, 0.29) is 0 Å². The zero-order valence-electron chi connectivity index (χ0n) is 5.70. The first kappa shape index (κ1) is 9.43. The Balaban J connectivity index is 4.06. The van der Waals surface area contributed by atoms with Crippen LogP contribution in [-0.4, -0.2) is 21.6 Å². The van der Waals surface area contributed by atoms with Gasteiger partial charge in [-0.05, 0) is 6.92 Å². The number of rotatable bonds is 3. The summed E-state index contributed by atoms with van der Waals surface area (Å²) in [5, 5.41) is 0. The third-order valence-corrected chi connectivity index (χ3v) is 1.63. The molecule has 4 nitrogen and oxygen atoms in total. The highest BCUT2D eigenvalue weighted by atomic mass is 32.3. The van der Waals surface area contributed by atoms with Crippen molar-refractivity contribution in [3.05, 3.63) is 0 Å². The summed E-state index contributed by atoms with van der Waals surface area (Å²) in [5.41, 5.74) is 0. The maximum absolute atomic E-state index is 10.4. The maximum Gasteiger partial charge on any atom is 0.400 e. The lowest BCUT2D eigenvalue weighted by molar-refractivity contribution is 0.221. The Morgan fingerprint density at radius 2 is 2.10 bits per heavy atom. The Kier molecular flexibility index (Phi) is 3.36. The minimum Gasteiger partial charge on any atom is -0.252 e. The van der Waals surface area contributed by atoms with Crippen molar-refractivity contribution in [3.8, 4) is 12.3 Å². The quantitative estimate of drug-likeness (QED) is 0.547. The van der Waals surface area contributed by atoms with Gasteiger partial charge in [-0.2, -0.15) is 8.42 Å². The van der Waals surface area contributed by atoms with Gasteiger partial charge in [0, 0.05) is 0 Å². The van der Waals surface area contributed by atoms with Gasteiger partial charge in [-0.15, -0.1) is 6.42 Å². The van der Waals surface area contributed by atoms with Crippen molar-refractivity contribution in [2.45, 2.75) is 13.0 Å². The van der Waals surface area contributed by atoms with Crippen molar-refractivity contribution in [2.75, 3.05) is 7.11 Å². The second-order valence-electron chi connectivity index (χ2n) is 1.48. The fourth-order valence-electron chi connectivity index (χ4n) is 0.244. The predicted molar refractivity (Wildman–Crippen MR) is 35.3 cm³/mol. The zero-order valence-corrected chi connectivity index (χ0v) is 6.51. The standard InChI is InChI=1S/C5H8O4S/c1-4-5(2)9-10(6,7)8-3/h1,5H,2-3H3.